The maximum atomic E-state index is 13.4. The van der Waals surface area contributed by atoms with Crippen molar-refractivity contribution >= 4 is 33.4 Å². The van der Waals surface area contributed by atoms with E-state index in [1.807, 2.05) is 0 Å². The molecule has 1 saturated heterocycles. The van der Waals surface area contributed by atoms with Crippen molar-refractivity contribution in [2.75, 3.05) is 16.8 Å². The lowest BCUT2D eigenvalue weighted by Gasteiger charge is -2.27. The molecule has 0 amide bonds. The summed E-state index contributed by atoms with van der Waals surface area (Å²) >= 11 is 4.67. The van der Waals surface area contributed by atoms with Gasteiger partial charge in [0.1, 0.15) is 5.82 Å². The average Bonchev–Trinajstić information content (AvgIpc) is 2.10. The summed E-state index contributed by atoms with van der Waals surface area (Å²) in [6.07, 6.45) is 0. The third-order valence-electron chi connectivity index (χ3n) is 2.03. The topological polar surface area (TPSA) is 12.0 Å². The van der Waals surface area contributed by atoms with E-state index < -0.39 is 11.6 Å². The van der Waals surface area contributed by atoms with E-state index in [4.69, 9.17) is 0 Å². The fourth-order valence-corrected chi connectivity index (χ4v) is 2.16. The third-order valence-corrected chi connectivity index (χ3v) is 4.04. The van der Waals surface area contributed by atoms with Crippen molar-refractivity contribution in [2.24, 2.45) is 0 Å². The van der Waals surface area contributed by atoms with Crippen molar-refractivity contribution in [1.82, 2.24) is 0 Å². The monoisotopic (exact) mass is 279 g/mol. The van der Waals surface area contributed by atoms with Gasteiger partial charge in [0, 0.05) is 17.5 Å². The Morgan fingerprint density at radius 1 is 1.36 bits per heavy atom. The van der Waals surface area contributed by atoms with Crippen molar-refractivity contribution in [2.45, 2.75) is 6.04 Å². The molecule has 0 radical (unpaired) electrons. The number of nitrogens with one attached hydrogen (secondary N) is 1. The second-order valence-electron chi connectivity index (χ2n) is 3.10. The Balaban J connectivity index is 2.20. The lowest BCUT2D eigenvalue weighted by molar-refractivity contribution is 0.572. The molecule has 14 heavy (non-hydrogen) atoms. The second kappa shape index (κ2) is 4.06. The van der Waals surface area contributed by atoms with Crippen molar-refractivity contribution in [3.63, 3.8) is 0 Å². The molecule has 0 saturated carbocycles. The number of anilines is 1. The van der Waals surface area contributed by atoms with E-state index in [1.165, 1.54) is 12.1 Å². The normalized spacial score (nSPS) is 16.5. The number of thioether (sulfide) groups is 1. The molecule has 1 aliphatic rings. The fourth-order valence-electron chi connectivity index (χ4n) is 1.18. The van der Waals surface area contributed by atoms with Crippen LogP contribution in [0.4, 0.5) is 14.5 Å². The largest absolute Gasteiger partial charge is 0.378 e. The summed E-state index contributed by atoms with van der Waals surface area (Å²) in [7, 11) is 0. The Kier molecular flexibility index (Phi) is 2.97. The SMILES string of the molecule is Fc1ccc(NC2CSC2)c(F)c1Br. The molecule has 1 heterocycles. The maximum Gasteiger partial charge on any atom is 0.163 e. The van der Waals surface area contributed by atoms with E-state index in [1.54, 1.807) is 11.8 Å². The van der Waals surface area contributed by atoms with Gasteiger partial charge in [0.25, 0.3) is 0 Å². The number of halogens is 3. The van der Waals surface area contributed by atoms with Gasteiger partial charge in [0.2, 0.25) is 0 Å². The standard InChI is InChI=1S/C9H8BrF2NS/c10-8-6(11)1-2-7(9(8)12)13-5-3-14-4-5/h1-2,5,13H,3-4H2. The van der Waals surface area contributed by atoms with Gasteiger partial charge >= 0.3 is 0 Å². The molecule has 0 aromatic heterocycles. The Morgan fingerprint density at radius 2 is 2.07 bits per heavy atom. The molecule has 5 heteroatoms. The summed E-state index contributed by atoms with van der Waals surface area (Å²) in [5.41, 5.74) is 0.364. The molecule has 2 rings (SSSR count). The van der Waals surface area contributed by atoms with E-state index in [2.05, 4.69) is 21.2 Å². The first-order valence-corrected chi connectivity index (χ1v) is 6.11. The lowest BCUT2D eigenvalue weighted by Crippen LogP contribution is -2.33. The predicted octanol–water partition coefficient (Wildman–Crippen LogP) is 3.25. The highest BCUT2D eigenvalue weighted by Crippen LogP contribution is 2.28. The van der Waals surface area contributed by atoms with Gasteiger partial charge in [-0.05, 0) is 28.1 Å². The Labute approximate surface area is 93.4 Å². The number of hydrogen-bond donors (Lipinski definition) is 1. The van der Waals surface area contributed by atoms with Gasteiger partial charge in [-0.15, -0.1) is 0 Å². The van der Waals surface area contributed by atoms with Crippen LogP contribution < -0.4 is 5.32 Å². The van der Waals surface area contributed by atoms with Crippen molar-refractivity contribution in [3.8, 4) is 0 Å². The molecule has 1 nitrogen and oxygen atoms in total. The van der Waals surface area contributed by atoms with E-state index in [0.29, 0.717) is 11.7 Å². The van der Waals surface area contributed by atoms with E-state index in [9.17, 15) is 8.78 Å². The second-order valence-corrected chi connectivity index (χ2v) is 4.97. The predicted molar refractivity (Wildman–Crippen MR) is 58.8 cm³/mol. The molecule has 1 aliphatic heterocycles. The molecule has 76 valence electrons. The van der Waals surface area contributed by atoms with Crippen molar-refractivity contribution in [3.05, 3.63) is 28.2 Å². The maximum absolute atomic E-state index is 13.4. The summed E-state index contributed by atoms with van der Waals surface area (Å²) in [6, 6.07) is 2.99. The van der Waals surface area contributed by atoms with Gasteiger partial charge in [-0.3, -0.25) is 0 Å². The number of rotatable bonds is 2. The van der Waals surface area contributed by atoms with Crippen LogP contribution in [0.3, 0.4) is 0 Å². The quantitative estimate of drug-likeness (QED) is 0.834. The molecular formula is C9H8BrF2NS. The van der Waals surface area contributed by atoms with Gasteiger partial charge in [0.15, 0.2) is 5.82 Å². The van der Waals surface area contributed by atoms with Crippen LogP contribution in [0.15, 0.2) is 16.6 Å². The molecule has 1 N–H and O–H groups in total. The van der Waals surface area contributed by atoms with Gasteiger partial charge in [0.05, 0.1) is 10.2 Å². The minimum atomic E-state index is -0.573. The summed E-state index contributed by atoms with van der Waals surface area (Å²) in [5.74, 6) is 0.834. The van der Waals surface area contributed by atoms with E-state index >= 15 is 0 Å². The Morgan fingerprint density at radius 3 is 2.64 bits per heavy atom. The van der Waals surface area contributed by atoms with Crippen molar-refractivity contribution in [1.29, 1.82) is 0 Å². The zero-order valence-corrected chi connectivity index (χ0v) is 9.59. The minimum absolute atomic E-state index is 0.102. The van der Waals surface area contributed by atoms with Gasteiger partial charge in [-0.25, -0.2) is 8.78 Å². The summed E-state index contributed by atoms with van der Waals surface area (Å²) in [4.78, 5) is 0. The molecule has 1 aromatic carbocycles. The zero-order valence-electron chi connectivity index (χ0n) is 7.19. The van der Waals surface area contributed by atoms with Crippen LogP contribution in [0.5, 0.6) is 0 Å². The van der Waals surface area contributed by atoms with E-state index in [-0.39, 0.29) is 4.47 Å². The minimum Gasteiger partial charge on any atom is -0.378 e. The molecule has 1 fully saturated rings. The first-order chi connectivity index (χ1) is 6.68. The van der Waals surface area contributed by atoms with Crippen LogP contribution in [-0.2, 0) is 0 Å². The first-order valence-electron chi connectivity index (χ1n) is 4.16. The van der Waals surface area contributed by atoms with Crippen LogP contribution in [0.1, 0.15) is 0 Å². The van der Waals surface area contributed by atoms with Crippen molar-refractivity contribution < 1.29 is 8.78 Å². The van der Waals surface area contributed by atoms with Crippen LogP contribution in [0.2, 0.25) is 0 Å². The smallest absolute Gasteiger partial charge is 0.163 e. The average molecular weight is 280 g/mol. The summed E-state index contributed by atoms with van der Waals surface area (Å²) in [6.45, 7) is 0. The highest BCUT2D eigenvalue weighted by molar-refractivity contribution is 9.10. The molecule has 0 atom stereocenters. The van der Waals surface area contributed by atoms with E-state index in [0.717, 1.165) is 11.5 Å². The molecular weight excluding hydrogens is 272 g/mol. The summed E-state index contributed by atoms with van der Waals surface area (Å²) < 4.78 is 26.2. The van der Waals surface area contributed by atoms with Gasteiger partial charge < -0.3 is 5.32 Å². The third kappa shape index (κ3) is 1.88. The fraction of sp³-hybridized carbons (Fsp3) is 0.333. The lowest BCUT2D eigenvalue weighted by atomic mass is 10.2. The molecule has 0 unspecified atom stereocenters. The molecule has 1 aromatic rings. The van der Waals surface area contributed by atoms with Crippen LogP contribution in [0, 0.1) is 11.6 Å². The Bertz CT molecular complexity index is 355. The Hall–Kier alpha value is -0.290. The van der Waals surface area contributed by atoms with Crippen LogP contribution in [0.25, 0.3) is 0 Å². The zero-order chi connectivity index (χ0) is 10.1. The first kappa shape index (κ1) is 10.2. The highest BCUT2D eigenvalue weighted by Gasteiger charge is 2.20. The van der Waals surface area contributed by atoms with Gasteiger partial charge in [-0.1, -0.05) is 0 Å². The van der Waals surface area contributed by atoms with Crippen LogP contribution in [-0.4, -0.2) is 17.5 Å². The van der Waals surface area contributed by atoms with Crippen LogP contribution >= 0.6 is 27.7 Å². The molecule has 0 aliphatic carbocycles. The summed E-state index contributed by atoms with van der Waals surface area (Å²) in [5, 5.41) is 3.02. The number of benzene rings is 1. The molecule has 0 spiro atoms. The van der Waals surface area contributed by atoms with Gasteiger partial charge in [-0.2, -0.15) is 11.8 Å². The highest BCUT2D eigenvalue weighted by atomic mass is 79.9. The molecule has 0 bridgehead atoms. The number of hydrogen-bond acceptors (Lipinski definition) is 2.